The van der Waals surface area contributed by atoms with Crippen molar-refractivity contribution in [3.05, 3.63) is 0 Å². The second-order valence-corrected chi connectivity index (χ2v) is 7.92. The fourth-order valence-electron chi connectivity index (χ4n) is 3.98. The molecule has 0 aromatic carbocycles. The molecule has 1 saturated carbocycles. The van der Waals surface area contributed by atoms with Crippen LogP contribution in [-0.4, -0.2) is 84.5 Å². The fraction of sp³-hybridized carbons (Fsp3) is 0.682. The molecule has 1 aliphatic carbocycles. The Labute approximate surface area is 206 Å². The van der Waals surface area contributed by atoms with Gasteiger partial charge in [0, 0.05) is 54.9 Å². The summed E-state index contributed by atoms with van der Waals surface area (Å²) in [7, 11) is 0. The molecule has 0 aromatic rings. The SMILES string of the molecule is CC(=O)OCCC1(OC(C)=O)C(OC(C)=O)C(OC(C)=O)C(OC(C)=O)C(OC(C)=O)C1OC(C)=O. The van der Waals surface area contributed by atoms with Crippen molar-refractivity contribution in [2.45, 2.75) is 91.0 Å². The Balaban J connectivity index is 4.01. The number of esters is 7. The number of hydrogen-bond acceptors (Lipinski definition) is 14. The molecule has 4 unspecified atom stereocenters. The first-order chi connectivity index (χ1) is 16.6. The molecule has 1 aliphatic rings. The first kappa shape index (κ1) is 30.3. The minimum Gasteiger partial charge on any atom is -0.466 e. The summed E-state index contributed by atoms with van der Waals surface area (Å²) in [6, 6.07) is 0. The van der Waals surface area contributed by atoms with E-state index in [9.17, 15) is 33.6 Å². The average molecular weight is 518 g/mol. The van der Waals surface area contributed by atoms with Gasteiger partial charge in [0.05, 0.1) is 6.61 Å². The molecular formula is C22H30O14. The minimum absolute atomic E-state index is 0.462. The molecule has 0 bridgehead atoms. The van der Waals surface area contributed by atoms with Crippen molar-refractivity contribution in [3.63, 3.8) is 0 Å². The van der Waals surface area contributed by atoms with Crippen molar-refractivity contribution in [2.24, 2.45) is 0 Å². The highest BCUT2D eigenvalue weighted by Crippen LogP contribution is 2.43. The second kappa shape index (κ2) is 12.8. The van der Waals surface area contributed by atoms with Crippen LogP contribution in [0.1, 0.15) is 54.9 Å². The number of carbonyl (C=O) groups is 7. The molecule has 0 radical (unpaired) electrons. The Bertz CT molecular complexity index is 849. The Morgan fingerprint density at radius 1 is 0.500 bits per heavy atom. The van der Waals surface area contributed by atoms with Gasteiger partial charge in [-0.2, -0.15) is 0 Å². The van der Waals surface area contributed by atoms with Gasteiger partial charge in [-0.05, 0) is 0 Å². The van der Waals surface area contributed by atoms with Crippen molar-refractivity contribution in [3.8, 4) is 0 Å². The summed E-state index contributed by atoms with van der Waals surface area (Å²) in [4.78, 5) is 84.0. The number of hydrogen-bond donors (Lipinski definition) is 0. The van der Waals surface area contributed by atoms with Crippen LogP contribution in [0.25, 0.3) is 0 Å². The van der Waals surface area contributed by atoms with Gasteiger partial charge in [0.1, 0.15) is 0 Å². The van der Waals surface area contributed by atoms with Crippen LogP contribution in [0.2, 0.25) is 0 Å². The standard InChI is InChI=1S/C22H30O14/c1-10(23)30-9-8-22(36-16(7)29)20(34-14(5)27)18(32-12(3)25)17(31-11(2)24)19(33-13(4)26)21(22)35-15(6)28/h17-21H,8-9H2,1-7H3. The molecule has 0 aromatic heterocycles. The lowest BCUT2D eigenvalue weighted by Crippen LogP contribution is -2.75. The van der Waals surface area contributed by atoms with Gasteiger partial charge in [-0.25, -0.2) is 0 Å². The smallest absolute Gasteiger partial charge is 0.303 e. The fourth-order valence-corrected chi connectivity index (χ4v) is 3.98. The number of rotatable bonds is 9. The molecule has 0 saturated heterocycles. The van der Waals surface area contributed by atoms with Gasteiger partial charge >= 0.3 is 41.8 Å². The largest absolute Gasteiger partial charge is 0.466 e. The van der Waals surface area contributed by atoms with Gasteiger partial charge in [-0.15, -0.1) is 0 Å². The quantitative estimate of drug-likeness (QED) is 0.291. The van der Waals surface area contributed by atoms with Crippen LogP contribution < -0.4 is 0 Å². The van der Waals surface area contributed by atoms with E-state index in [0.717, 1.165) is 48.5 Å². The third-order valence-electron chi connectivity index (χ3n) is 4.83. The molecule has 14 heteroatoms. The van der Waals surface area contributed by atoms with E-state index in [2.05, 4.69) is 0 Å². The van der Waals surface area contributed by atoms with E-state index < -0.39 is 90.9 Å². The van der Waals surface area contributed by atoms with Crippen molar-refractivity contribution in [1.82, 2.24) is 0 Å². The van der Waals surface area contributed by atoms with Crippen LogP contribution in [0.3, 0.4) is 0 Å². The summed E-state index contributed by atoms with van der Waals surface area (Å²) in [5.41, 5.74) is -2.24. The lowest BCUT2D eigenvalue weighted by molar-refractivity contribution is -0.292. The van der Waals surface area contributed by atoms with Crippen LogP contribution in [-0.2, 0) is 66.7 Å². The van der Waals surface area contributed by atoms with Crippen molar-refractivity contribution in [2.75, 3.05) is 6.61 Å². The van der Waals surface area contributed by atoms with E-state index in [-0.39, 0.29) is 0 Å². The van der Waals surface area contributed by atoms with E-state index in [4.69, 9.17) is 33.2 Å². The Hall–Kier alpha value is -3.71. The van der Waals surface area contributed by atoms with Gasteiger partial charge in [0.25, 0.3) is 0 Å². The molecule has 0 heterocycles. The minimum atomic E-state index is -2.24. The zero-order valence-corrected chi connectivity index (χ0v) is 21.0. The van der Waals surface area contributed by atoms with E-state index in [1.54, 1.807) is 0 Å². The summed E-state index contributed by atoms with van der Waals surface area (Å²) < 4.78 is 37.3. The maximum Gasteiger partial charge on any atom is 0.303 e. The summed E-state index contributed by atoms with van der Waals surface area (Å²) in [6.45, 7) is 6.63. The van der Waals surface area contributed by atoms with Gasteiger partial charge in [-0.3, -0.25) is 33.6 Å². The average Bonchev–Trinajstić information content (AvgIpc) is 2.68. The zero-order valence-electron chi connectivity index (χ0n) is 21.0. The summed E-state index contributed by atoms with van der Waals surface area (Å²) in [5, 5.41) is 0. The lowest BCUT2D eigenvalue weighted by atomic mass is 9.72. The predicted octanol–water partition coefficient (Wildman–Crippen LogP) is -0.0864. The van der Waals surface area contributed by atoms with Gasteiger partial charge in [-0.1, -0.05) is 0 Å². The maximum atomic E-state index is 12.3. The molecule has 0 N–H and O–H groups in total. The van der Waals surface area contributed by atoms with Crippen LogP contribution in [0.5, 0.6) is 0 Å². The Kier molecular flexibility index (Phi) is 10.8. The second-order valence-electron chi connectivity index (χ2n) is 7.92. The number of carbonyl (C=O) groups excluding carboxylic acids is 7. The molecule has 1 rings (SSSR count). The Morgan fingerprint density at radius 2 is 0.861 bits per heavy atom. The monoisotopic (exact) mass is 518 g/mol. The molecule has 0 amide bonds. The molecule has 4 atom stereocenters. The summed E-state index contributed by atoms with van der Waals surface area (Å²) in [5.74, 6) is -6.37. The molecule has 202 valence electrons. The first-order valence-corrected chi connectivity index (χ1v) is 10.8. The van der Waals surface area contributed by atoms with Gasteiger partial charge in [0.2, 0.25) is 0 Å². The molecular weight excluding hydrogens is 488 g/mol. The highest BCUT2D eigenvalue weighted by atomic mass is 16.7. The van der Waals surface area contributed by atoms with Crippen molar-refractivity contribution < 1.29 is 66.7 Å². The molecule has 36 heavy (non-hydrogen) atoms. The topological polar surface area (TPSA) is 184 Å². The van der Waals surface area contributed by atoms with Crippen molar-refractivity contribution in [1.29, 1.82) is 0 Å². The van der Waals surface area contributed by atoms with Crippen molar-refractivity contribution >= 4 is 41.8 Å². The first-order valence-electron chi connectivity index (χ1n) is 10.8. The molecule has 0 aliphatic heterocycles. The van der Waals surface area contributed by atoms with Crippen LogP contribution in [0.4, 0.5) is 0 Å². The summed E-state index contributed by atoms with van der Waals surface area (Å²) >= 11 is 0. The molecule has 14 nitrogen and oxygen atoms in total. The van der Waals surface area contributed by atoms with E-state index in [0.29, 0.717) is 0 Å². The normalized spacial score (nSPS) is 27.0. The van der Waals surface area contributed by atoms with Crippen LogP contribution in [0, 0.1) is 0 Å². The predicted molar refractivity (Wildman–Crippen MR) is 114 cm³/mol. The third-order valence-corrected chi connectivity index (χ3v) is 4.83. The number of ether oxygens (including phenoxy) is 7. The maximum absolute atomic E-state index is 12.3. The Morgan fingerprint density at radius 3 is 1.17 bits per heavy atom. The molecule has 0 spiro atoms. The highest BCUT2D eigenvalue weighted by Gasteiger charge is 2.69. The third kappa shape index (κ3) is 8.20. The van der Waals surface area contributed by atoms with E-state index >= 15 is 0 Å². The van der Waals surface area contributed by atoms with Gasteiger partial charge in [0.15, 0.2) is 36.1 Å². The van der Waals surface area contributed by atoms with E-state index in [1.165, 1.54) is 0 Å². The van der Waals surface area contributed by atoms with Gasteiger partial charge < -0.3 is 33.2 Å². The zero-order chi connectivity index (χ0) is 27.8. The lowest BCUT2D eigenvalue weighted by Gasteiger charge is -2.53. The molecule has 1 fully saturated rings. The van der Waals surface area contributed by atoms with Crippen LogP contribution in [0.15, 0.2) is 0 Å². The van der Waals surface area contributed by atoms with Crippen LogP contribution >= 0.6 is 0 Å². The summed E-state index contributed by atoms with van der Waals surface area (Å²) in [6.07, 6.45) is -9.16. The van der Waals surface area contributed by atoms with E-state index in [1.807, 2.05) is 0 Å². The highest BCUT2D eigenvalue weighted by molar-refractivity contribution is 5.71.